The quantitative estimate of drug-likeness (QED) is 0.927. The SMILES string of the molecule is CC(NC(=O)Cn1cc(Br)cn1)c1ccc(Cl)cc1. The normalized spacial score (nSPS) is 12.2. The van der Waals surface area contributed by atoms with E-state index in [0.717, 1.165) is 10.0 Å². The minimum absolute atomic E-state index is 0.0660. The summed E-state index contributed by atoms with van der Waals surface area (Å²) in [6.45, 7) is 2.13. The van der Waals surface area contributed by atoms with Gasteiger partial charge in [-0.05, 0) is 40.5 Å². The molecule has 0 radical (unpaired) electrons. The average molecular weight is 343 g/mol. The minimum atomic E-state index is -0.0851. The Kier molecular flexibility index (Phi) is 4.61. The van der Waals surface area contributed by atoms with Crippen LogP contribution in [-0.4, -0.2) is 15.7 Å². The van der Waals surface area contributed by atoms with Crippen molar-refractivity contribution >= 4 is 33.4 Å². The molecule has 1 aromatic heterocycles. The Hall–Kier alpha value is -1.33. The third kappa shape index (κ3) is 4.08. The summed E-state index contributed by atoms with van der Waals surface area (Å²) in [6, 6.07) is 7.35. The van der Waals surface area contributed by atoms with Crippen LogP contribution < -0.4 is 5.32 Å². The first kappa shape index (κ1) is 14.1. The molecule has 1 unspecified atom stereocenters. The first-order valence-electron chi connectivity index (χ1n) is 5.77. The number of amides is 1. The van der Waals surface area contributed by atoms with Crippen molar-refractivity contribution < 1.29 is 4.79 Å². The molecule has 0 spiro atoms. The molecule has 1 heterocycles. The molecule has 0 aliphatic carbocycles. The molecule has 1 amide bonds. The molecule has 1 atom stereocenters. The van der Waals surface area contributed by atoms with E-state index < -0.39 is 0 Å². The van der Waals surface area contributed by atoms with Crippen molar-refractivity contribution in [2.75, 3.05) is 0 Å². The Morgan fingerprint density at radius 3 is 2.74 bits per heavy atom. The van der Waals surface area contributed by atoms with Crippen LogP contribution in [0.4, 0.5) is 0 Å². The lowest BCUT2D eigenvalue weighted by atomic mass is 10.1. The minimum Gasteiger partial charge on any atom is -0.348 e. The predicted octanol–water partition coefficient (Wildman–Crippen LogP) is 3.18. The maximum Gasteiger partial charge on any atom is 0.242 e. The third-order valence-corrected chi connectivity index (χ3v) is 3.32. The molecule has 6 heteroatoms. The highest BCUT2D eigenvalue weighted by Crippen LogP contribution is 2.16. The zero-order valence-corrected chi connectivity index (χ0v) is 12.6. The molecule has 0 saturated heterocycles. The predicted molar refractivity (Wildman–Crippen MR) is 77.9 cm³/mol. The van der Waals surface area contributed by atoms with Crippen LogP contribution in [0.25, 0.3) is 0 Å². The Labute approximate surface area is 124 Å². The lowest BCUT2D eigenvalue weighted by Gasteiger charge is -2.14. The van der Waals surface area contributed by atoms with Crippen LogP contribution in [0, 0.1) is 0 Å². The summed E-state index contributed by atoms with van der Waals surface area (Å²) in [5.74, 6) is -0.0851. The number of aromatic nitrogens is 2. The van der Waals surface area contributed by atoms with Crippen molar-refractivity contribution in [2.45, 2.75) is 19.5 Å². The number of benzene rings is 1. The van der Waals surface area contributed by atoms with E-state index in [1.165, 1.54) is 0 Å². The monoisotopic (exact) mass is 341 g/mol. The van der Waals surface area contributed by atoms with E-state index >= 15 is 0 Å². The summed E-state index contributed by atoms with van der Waals surface area (Å²) >= 11 is 9.12. The fraction of sp³-hybridized carbons (Fsp3) is 0.231. The van der Waals surface area contributed by atoms with Crippen LogP contribution in [0.15, 0.2) is 41.1 Å². The van der Waals surface area contributed by atoms with Crippen LogP contribution in [0.3, 0.4) is 0 Å². The molecule has 1 aromatic carbocycles. The van der Waals surface area contributed by atoms with Crippen LogP contribution in [0.1, 0.15) is 18.5 Å². The molecule has 2 aromatic rings. The Morgan fingerprint density at radius 2 is 2.16 bits per heavy atom. The third-order valence-electron chi connectivity index (χ3n) is 2.65. The molecule has 4 nitrogen and oxygen atoms in total. The highest BCUT2D eigenvalue weighted by molar-refractivity contribution is 9.10. The summed E-state index contributed by atoms with van der Waals surface area (Å²) in [5, 5.41) is 7.64. The lowest BCUT2D eigenvalue weighted by Crippen LogP contribution is -2.30. The summed E-state index contributed by atoms with van der Waals surface area (Å²) in [7, 11) is 0. The van der Waals surface area contributed by atoms with Crippen LogP contribution in [0.5, 0.6) is 0 Å². The highest BCUT2D eigenvalue weighted by atomic mass is 79.9. The molecule has 0 fully saturated rings. The summed E-state index contributed by atoms with van der Waals surface area (Å²) in [4.78, 5) is 11.9. The van der Waals surface area contributed by atoms with E-state index in [1.54, 1.807) is 17.1 Å². The zero-order chi connectivity index (χ0) is 13.8. The Balaban J connectivity index is 1.93. The van der Waals surface area contributed by atoms with E-state index in [9.17, 15) is 4.79 Å². The molecule has 0 saturated carbocycles. The number of hydrogen-bond acceptors (Lipinski definition) is 2. The maximum atomic E-state index is 11.9. The average Bonchev–Trinajstić information content (AvgIpc) is 2.75. The summed E-state index contributed by atoms with van der Waals surface area (Å²) in [5.41, 5.74) is 1.01. The van der Waals surface area contributed by atoms with Crippen molar-refractivity contribution in [3.63, 3.8) is 0 Å². The van der Waals surface area contributed by atoms with Crippen molar-refractivity contribution in [1.29, 1.82) is 0 Å². The number of nitrogens with one attached hydrogen (secondary N) is 1. The molecular weight excluding hydrogens is 330 g/mol. The number of halogens is 2. The molecule has 0 aliphatic rings. The van der Waals surface area contributed by atoms with Gasteiger partial charge in [-0.15, -0.1) is 0 Å². The van der Waals surface area contributed by atoms with Crippen LogP contribution >= 0.6 is 27.5 Å². The number of rotatable bonds is 4. The van der Waals surface area contributed by atoms with Gasteiger partial charge in [0.25, 0.3) is 0 Å². The molecular formula is C13H13BrClN3O. The fourth-order valence-electron chi connectivity index (χ4n) is 1.69. The number of nitrogens with zero attached hydrogens (tertiary/aromatic N) is 2. The lowest BCUT2D eigenvalue weighted by molar-refractivity contribution is -0.122. The molecule has 0 bridgehead atoms. The van der Waals surface area contributed by atoms with Crippen molar-refractivity contribution in [2.24, 2.45) is 0 Å². The van der Waals surface area contributed by atoms with Gasteiger partial charge in [-0.25, -0.2) is 0 Å². The van der Waals surface area contributed by atoms with Crippen molar-refractivity contribution in [3.8, 4) is 0 Å². The fourth-order valence-corrected chi connectivity index (χ4v) is 2.15. The van der Waals surface area contributed by atoms with Gasteiger partial charge in [0, 0.05) is 11.2 Å². The molecule has 19 heavy (non-hydrogen) atoms. The van der Waals surface area contributed by atoms with Gasteiger partial charge in [0.15, 0.2) is 0 Å². The van der Waals surface area contributed by atoms with Gasteiger partial charge in [0.1, 0.15) is 6.54 Å². The summed E-state index contributed by atoms with van der Waals surface area (Å²) < 4.78 is 2.43. The van der Waals surface area contributed by atoms with Gasteiger partial charge in [0.05, 0.1) is 16.7 Å². The van der Waals surface area contributed by atoms with E-state index in [2.05, 4.69) is 26.3 Å². The molecule has 0 aliphatic heterocycles. The Morgan fingerprint density at radius 1 is 1.47 bits per heavy atom. The van der Waals surface area contributed by atoms with Crippen LogP contribution in [0.2, 0.25) is 5.02 Å². The largest absolute Gasteiger partial charge is 0.348 e. The van der Waals surface area contributed by atoms with Gasteiger partial charge in [0.2, 0.25) is 5.91 Å². The number of carbonyl (C=O) groups is 1. The Bertz CT molecular complexity index is 568. The van der Waals surface area contributed by atoms with Gasteiger partial charge in [-0.2, -0.15) is 5.10 Å². The van der Waals surface area contributed by atoms with Crippen molar-refractivity contribution in [1.82, 2.24) is 15.1 Å². The summed E-state index contributed by atoms with van der Waals surface area (Å²) in [6.07, 6.45) is 3.41. The van der Waals surface area contributed by atoms with E-state index in [0.29, 0.717) is 5.02 Å². The standard InChI is InChI=1S/C13H13BrClN3O/c1-9(10-2-4-12(15)5-3-10)17-13(19)8-18-7-11(14)6-16-18/h2-7,9H,8H2,1H3,(H,17,19). The highest BCUT2D eigenvalue weighted by Gasteiger charge is 2.10. The molecule has 1 N–H and O–H groups in total. The van der Waals surface area contributed by atoms with Gasteiger partial charge >= 0.3 is 0 Å². The first-order valence-corrected chi connectivity index (χ1v) is 6.94. The molecule has 100 valence electrons. The first-order chi connectivity index (χ1) is 9.04. The van der Waals surface area contributed by atoms with E-state index in [4.69, 9.17) is 11.6 Å². The smallest absolute Gasteiger partial charge is 0.242 e. The van der Waals surface area contributed by atoms with Gasteiger partial charge < -0.3 is 5.32 Å². The van der Waals surface area contributed by atoms with E-state index in [-0.39, 0.29) is 18.5 Å². The number of hydrogen-bond donors (Lipinski definition) is 1. The van der Waals surface area contributed by atoms with Crippen molar-refractivity contribution in [3.05, 3.63) is 51.7 Å². The topological polar surface area (TPSA) is 46.9 Å². The second kappa shape index (κ2) is 6.21. The van der Waals surface area contributed by atoms with E-state index in [1.807, 2.05) is 31.2 Å². The van der Waals surface area contributed by atoms with Crippen LogP contribution in [-0.2, 0) is 11.3 Å². The van der Waals surface area contributed by atoms with Gasteiger partial charge in [-0.3, -0.25) is 9.48 Å². The van der Waals surface area contributed by atoms with Gasteiger partial charge in [-0.1, -0.05) is 23.7 Å². The second-order valence-corrected chi connectivity index (χ2v) is 5.55. The zero-order valence-electron chi connectivity index (χ0n) is 10.3. The maximum absolute atomic E-state index is 11.9. The second-order valence-electron chi connectivity index (χ2n) is 4.20. The number of carbonyl (C=O) groups excluding carboxylic acids is 1. The molecule has 2 rings (SSSR count).